The van der Waals surface area contributed by atoms with Gasteiger partial charge in [0.05, 0.1) is 16.5 Å². The topological polar surface area (TPSA) is 105 Å². The maximum atomic E-state index is 12.3. The van der Waals surface area contributed by atoms with Crippen LogP contribution in [-0.2, 0) is 19.1 Å². The molecule has 0 aliphatic carbocycles. The molecule has 0 saturated carbocycles. The lowest BCUT2D eigenvalue weighted by Crippen LogP contribution is -2.44. The number of amides is 3. The number of nitrogens with zero attached hydrogens (tertiary/aromatic N) is 1. The van der Waals surface area contributed by atoms with E-state index in [9.17, 15) is 19.2 Å². The lowest BCUT2D eigenvalue weighted by atomic mass is 10.1. The summed E-state index contributed by atoms with van der Waals surface area (Å²) >= 11 is 5.92. The number of hydrogen-bond donors (Lipinski definition) is 2. The van der Waals surface area contributed by atoms with Gasteiger partial charge in [-0.15, -0.1) is 0 Å². The van der Waals surface area contributed by atoms with E-state index in [0.717, 1.165) is 16.8 Å². The highest BCUT2D eigenvalue weighted by Gasteiger charge is 2.36. The Morgan fingerprint density at radius 2 is 1.84 bits per heavy atom. The molecule has 1 atom stereocenters. The fourth-order valence-electron chi connectivity index (χ4n) is 3.14. The molecular formula is C22H22ClN3O5. The summed E-state index contributed by atoms with van der Waals surface area (Å²) in [6.07, 6.45) is 0.0105. The van der Waals surface area contributed by atoms with E-state index in [1.807, 2.05) is 32.0 Å². The Balaban J connectivity index is 1.47. The van der Waals surface area contributed by atoms with E-state index >= 15 is 0 Å². The smallest absolute Gasteiger partial charge is 0.311 e. The fourth-order valence-corrected chi connectivity index (χ4v) is 3.36. The Morgan fingerprint density at radius 3 is 2.55 bits per heavy atom. The fraction of sp³-hybridized carbons (Fsp3) is 0.273. The van der Waals surface area contributed by atoms with Gasteiger partial charge >= 0.3 is 5.97 Å². The van der Waals surface area contributed by atoms with Crippen LogP contribution in [0, 0.1) is 19.8 Å². The van der Waals surface area contributed by atoms with Gasteiger partial charge in [-0.05, 0) is 49.2 Å². The highest BCUT2D eigenvalue weighted by atomic mass is 35.5. The predicted molar refractivity (Wildman–Crippen MR) is 114 cm³/mol. The standard InChI is InChI=1S/C22H22ClN3O5/c1-13-7-8-16(9-14(13)2)26-11-15(10-20(26)28)22(30)31-12-19(27)24-25-21(29)17-5-3-4-6-18(17)23/h3-9,15H,10-12H2,1-2H3,(H,24,27)(H,25,29)/t15-/m1/s1. The van der Waals surface area contributed by atoms with Crippen LogP contribution in [-0.4, -0.2) is 36.8 Å². The molecule has 2 aromatic rings. The summed E-state index contributed by atoms with van der Waals surface area (Å²) in [6, 6.07) is 12.0. The van der Waals surface area contributed by atoms with Crippen molar-refractivity contribution in [3.8, 4) is 0 Å². The molecule has 1 aliphatic heterocycles. The minimum Gasteiger partial charge on any atom is -0.455 e. The average molecular weight is 444 g/mol. The normalized spacial score (nSPS) is 15.5. The second kappa shape index (κ2) is 9.61. The molecule has 0 bridgehead atoms. The highest BCUT2D eigenvalue weighted by Crippen LogP contribution is 2.27. The number of hydrogen-bond acceptors (Lipinski definition) is 5. The van der Waals surface area contributed by atoms with Crippen molar-refractivity contribution < 1.29 is 23.9 Å². The number of esters is 1. The van der Waals surface area contributed by atoms with Crippen LogP contribution in [0.15, 0.2) is 42.5 Å². The number of aryl methyl sites for hydroxylation is 2. The Labute approximate surface area is 184 Å². The molecule has 1 fully saturated rings. The van der Waals surface area contributed by atoms with Crippen molar-refractivity contribution in [3.05, 3.63) is 64.2 Å². The zero-order valence-electron chi connectivity index (χ0n) is 17.1. The van der Waals surface area contributed by atoms with Gasteiger partial charge < -0.3 is 9.64 Å². The summed E-state index contributed by atoms with van der Waals surface area (Å²) in [5.41, 5.74) is 7.43. The van der Waals surface area contributed by atoms with Crippen molar-refractivity contribution in [2.45, 2.75) is 20.3 Å². The molecule has 9 heteroatoms. The SMILES string of the molecule is Cc1ccc(N2C[C@H](C(=O)OCC(=O)NNC(=O)c3ccccc3Cl)CC2=O)cc1C. The molecule has 0 aromatic heterocycles. The summed E-state index contributed by atoms with van der Waals surface area (Å²) in [4.78, 5) is 50.1. The van der Waals surface area contributed by atoms with E-state index < -0.39 is 30.3 Å². The monoisotopic (exact) mass is 443 g/mol. The van der Waals surface area contributed by atoms with E-state index in [2.05, 4.69) is 10.9 Å². The van der Waals surface area contributed by atoms with Crippen LogP contribution in [0.3, 0.4) is 0 Å². The number of nitrogens with one attached hydrogen (secondary N) is 2. The summed E-state index contributed by atoms with van der Waals surface area (Å²) in [5, 5.41) is 0.236. The third-order valence-electron chi connectivity index (χ3n) is 5.04. The van der Waals surface area contributed by atoms with Gasteiger partial charge in [0.2, 0.25) is 5.91 Å². The molecule has 8 nitrogen and oxygen atoms in total. The second-order valence-corrected chi connectivity index (χ2v) is 7.67. The Kier molecular flexibility index (Phi) is 6.91. The van der Waals surface area contributed by atoms with Crippen LogP contribution >= 0.6 is 11.6 Å². The first-order chi connectivity index (χ1) is 14.8. The van der Waals surface area contributed by atoms with Crippen molar-refractivity contribution in [2.24, 2.45) is 5.92 Å². The minimum absolute atomic E-state index is 0.0105. The molecule has 2 aromatic carbocycles. The maximum Gasteiger partial charge on any atom is 0.311 e. The Bertz CT molecular complexity index is 1040. The van der Waals surface area contributed by atoms with Crippen LogP contribution in [0.2, 0.25) is 5.02 Å². The lowest BCUT2D eigenvalue weighted by Gasteiger charge is -2.17. The number of ether oxygens (including phenoxy) is 1. The summed E-state index contributed by atoms with van der Waals surface area (Å²) in [5.74, 6) is -2.81. The third-order valence-corrected chi connectivity index (χ3v) is 5.37. The molecule has 0 unspecified atom stereocenters. The van der Waals surface area contributed by atoms with Gasteiger partial charge in [-0.1, -0.05) is 29.8 Å². The van der Waals surface area contributed by atoms with Gasteiger partial charge in [-0.25, -0.2) is 0 Å². The molecule has 2 N–H and O–H groups in total. The molecule has 0 spiro atoms. The van der Waals surface area contributed by atoms with Crippen LogP contribution in [0.4, 0.5) is 5.69 Å². The second-order valence-electron chi connectivity index (χ2n) is 7.26. The van der Waals surface area contributed by atoms with Crippen molar-refractivity contribution in [1.82, 2.24) is 10.9 Å². The summed E-state index contributed by atoms with van der Waals surface area (Å²) in [7, 11) is 0. The van der Waals surface area contributed by atoms with E-state index in [-0.39, 0.29) is 29.5 Å². The highest BCUT2D eigenvalue weighted by molar-refractivity contribution is 6.33. The molecule has 1 saturated heterocycles. The quantitative estimate of drug-likeness (QED) is 0.545. The first-order valence-electron chi connectivity index (χ1n) is 9.64. The number of halogens is 1. The number of benzene rings is 2. The van der Waals surface area contributed by atoms with Crippen molar-refractivity contribution in [1.29, 1.82) is 0 Å². The van der Waals surface area contributed by atoms with Crippen LogP contribution in [0.5, 0.6) is 0 Å². The van der Waals surface area contributed by atoms with Gasteiger partial charge in [0.1, 0.15) is 0 Å². The molecule has 0 radical (unpaired) electrons. The summed E-state index contributed by atoms with van der Waals surface area (Å²) in [6.45, 7) is 3.53. The van der Waals surface area contributed by atoms with E-state index in [0.29, 0.717) is 0 Å². The summed E-state index contributed by atoms with van der Waals surface area (Å²) < 4.78 is 5.02. The molecule has 31 heavy (non-hydrogen) atoms. The van der Waals surface area contributed by atoms with Gasteiger partial charge in [-0.2, -0.15) is 0 Å². The van der Waals surface area contributed by atoms with Gasteiger partial charge in [0.25, 0.3) is 11.8 Å². The molecule has 1 aliphatic rings. The van der Waals surface area contributed by atoms with Crippen molar-refractivity contribution in [3.63, 3.8) is 0 Å². The van der Waals surface area contributed by atoms with Crippen molar-refractivity contribution in [2.75, 3.05) is 18.1 Å². The molecule has 1 heterocycles. The average Bonchev–Trinajstić information content (AvgIpc) is 3.14. The van der Waals surface area contributed by atoms with Gasteiger partial charge in [0.15, 0.2) is 6.61 Å². The van der Waals surface area contributed by atoms with E-state index in [1.54, 1.807) is 23.1 Å². The van der Waals surface area contributed by atoms with E-state index in [4.69, 9.17) is 16.3 Å². The zero-order chi connectivity index (χ0) is 22.5. The predicted octanol–water partition coefficient (Wildman–Crippen LogP) is 2.31. The Morgan fingerprint density at radius 1 is 1.10 bits per heavy atom. The number of carbonyl (C=O) groups is 4. The maximum absolute atomic E-state index is 12.3. The zero-order valence-corrected chi connectivity index (χ0v) is 17.9. The van der Waals surface area contributed by atoms with E-state index in [1.165, 1.54) is 6.07 Å². The van der Waals surface area contributed by atoms with Gasteiger partial charge in [-0.3, -0.25) is 30.0 Å². The number of anilines is 1. The van der Waals surface area contributed by atoms with Crippen LogP contribution < -0.4 is 15.8 Å². The number of carbonyl (C=O) groups excluding carboxylic acids is 4. The minimum atomic E-state index is -0.718. The van der Waals surface area contributed by atoms with Gasteiger partial charge in [0, 0.05) is 18.7 Å². The molecule has 3 rings (SSSR count). The van der Waals surface area contributed by atoms with Crippen LogP contribution in [0.1, 0.15) is 27.9 Å². The first-order valence-corrected chi connectivity index (χ1v) is 10.0. The molecular weight excluding hydrogens is 422 g/mol. The van der Waals surface area contributed by atoms with Crippen molar-refractivity contribution >= 4 is 41.0 Å². The molecule has 162 valence electrons. The molecule has 3 amide bonds. The lowest BCUT2D eigenvalue weighted by molar-refractivity contribution is -0.152. The number of hydrazine groups is 1. The number of rotatable bonds is 5. The Hall–Kier alpha value is -3.39. The van der Waals surface area contributed by atoms with Crippen LogP contribution in [0.25, 0.3) is 0 Å². The first kappa shape index (κ1) is 22.3. The largest absolute Gasteiger partial charge is 0.455 e. The third kappa shape index (κ3) is 5.40.